The van der Waals surface area contributed by atoms with Gasteiger partial charge in [0.2, 0.25) is 5.91 Å². The molecule has 21 heavy (non-hydrogen) atoms. The van der Waals surface area contributed by atoms with E-state index in [-0.39, 0.29) is 11.8 Å². The van der Waals surface area contributed by atoms with Crippen molar-refractivity contribution in [2.75, 3.05) is 12.4 Å². The molecule has 1 aromatic carbocycles. The molecule has 0 aliphatic rings. The van der Waals surface area contributed by atoms with Crippen molar-refractivity contribution in [3.05, 3.63) is 41.7 Å². The number of carbonyl (C=O) groups is 1. The van der Waals surface area contributed by atoms with Crippen molar-refractivity contribution in [1.82, 2.24) is 9.78 Å². The number of amides is 1. The van der Waals surface area contributed by atoms with Crippen LogP contribution in [0.5, 0.6) is 5.75 Å². The van der Waals surface area contributed by atoms with Crippen LogP contribution in [0.3, 0.4) is 0 Å². The number of ether oxygens (including phenoxy) is 1. The lowest BCUT2D eigenvalue weighted by Gasteiger charge is -2.13. The lowest BCUT2D eigenvalue weighted by molar-refractivity contribution is -0.119. The van der Waals surface area contributed by atoms with Crippen LogP contribution in [0.1, 0.15) is 18.3 Å². The summed E-state index contributed by atoms with van der Waals surface area (Å²) in [5, 5.41) is 7.29. The normalized spacial score (nSPS) is 12.0. The zero-order chi connectivity index (χ0) is 15.4. The van der Waals surface area contributed by atoms with Crippen LogP contribution in [0.25, 0.3) is 0 Å². The van der Waals surface area contributed by atoms with Crippen LogP contribution >= 0.6 is 0 Å². The smallest absolute Gasteiger partial charge is 0.229 e. The van der Waals surface area contributed by atoms with Gasteiger partial charge in [-0.15, -0.1) is 0 Å². The molecule has 0 spiro atoms. The van der Waals surface area contributed by atoms with Gasteiger partial charge in [-0.1, -0.05) is 6.92 Å². The maximum absolute atomic E-state index is 12.2. The lowest BCUT2D eigenvalue weighted by atomic mass is 10.1. The highest BCUT2D eigenvalue weighted by Crippen LogP contribution is 2.16. The Balaban J connectivity index is 1.97. The Morgan fingerprint density at radius 1 is 1.33 bits per heavy atom. The van der Waals surface area contributed by atoms with E-state index in [9.17, 15) is 4.79 Å². The number of carbonyl (C=O) groups excluding carboxylic acids is 1. The zero-order valence-electron chi connectivity index (χ0n) is 12.9. The maximum atomic E-state index is 12.2. The van der Waals surface area contributed by atoms with Crippen LogP contribution in [0, 0.1) is 19.8 Å². The van der Waals surface area contributed by atoms with Gasteiger partial charge < -0.3 is 10.1 Å². The molecule has 1 heterocycles. The molecule has 5 nitrogen and oxygen atoms in total. The summed E-state index contributed by atoms with van der Waals surface area (Å²) in [7, 11) is 1.62. The third-order valence-corrected chi connectivity index (χ3v) is 3.36. The van der Waals surface area contributed by atoms with Gasteiger partial charge in [0.1, 0.15) is 5.75 Å². The highest BCUT2D eigenvalue weighted by atomic mass is 16.5. The van der Waals surface area contributed by atoms with Crippen LogP contribution in [0.15, 0.2) is 30.3 Å². The number of anilines is 1. The fraction of sp³-hybridized carbons (Fsp3) is 0.375. The Labute approximate surface area is 124 Å². The van der Waals surface area contributed by atoms with Crippen LogP contribution in [-0.4, -0.2) is 22.8 Å². The van der Waals surface area contributed by atoms with E-state index in [4.69, 9.17) is 4.74 Å². The zero-order valence-corrected chi connectivity index (χ0v) is 12.9. The highest BCUT2D eigenvalue weighted by Gasteiger charge is 2.15. The molecule has 0 unspecified atom stereocenters. The van der Waals surface area contributed by atoms with E-state index in [0.717, 1.165) is 22.8 Å². The van der Waals surface area contributed by atoms with Crippen molar-refractivity contribution in [2.24, 2.45) is 5.92 Å². The Morgan fingerprint density at radius 2 is 2.00 bits per heavy atom. The van der Waals surface area contributed by atoms with Gasteiger partial charge in [-0.3, -0.25) is 9.48 Å². The summed E-state index contributed by atoms with van der Waals surface area (Å²) in [5.74, 6) is 0.585. The Kier molecular flexibility index (Phi) is 4.62. The minimum absolute atomic E-state index is 0.0206. The molecule has 0 radical (unpaired) electrons. The Bertz CT molecular complexity index is 617. The van der Waals surface area contributed by atoms with Crippen molar-refractivity contribution >= 4 is 11.6 Å². The molecule has 1 aromatic heterocycles. The molecule has 0 aliphatic carbocycles. The largest absolute Gasteiger partial charge is 0.497 e. The molecule has 0 aliphatic heterocycles. The maximum Gasteiger partial charge on any atom is 0.229 e. The number of nitrogens with one attached hydrogen (secondary N) is 1. The first-order chi connectivity index (χ1) is 9.99. The van der Waals surface area contributed by atoms with Crippen LogP contribution < -0.4 is 10.1 Å². The predicted octanol–water partition coefficient (Wildman–Crippen LogP) is 2.78. The van der Waals surface area contributed by atoms with Gasteiger partial charge in [-0.2, -0.15) is 5.10 Å². The van der Waals surface area contributed by atoms with Crippen molar-refractivity contribution in [3.8, 4) is 5.75 Å². The van der Waals surface area contributed by atoms with E-state index in [1.807, 2.05) is 55.8 Å². The summed E-state index contributed by atoms with van der Waals surface area (Å²) in [6, 6.07) is 9.30. The quantitative estimate of drug-likeness (QED) is 0.920. The second-order valence-corrected chi connectivity index (χ2v) is 5.23. The topological polar surface area (TPSA) is 56.1 Å². The van der Waals surface area contributed by atoms with Gasteiger partial charge in [0, 0.05) is 11.4 Å². The molecule has 112 valence electrons. The first kappa shape index (κ1) is 15.1. The van der Waals surface area contributed by atoms with E-state index in [0.29, 0.717) is 6.54 Å². The molecule has 1 N–H and O–H groups in total. The molecule has 0 bridgehead atoms. The second-order valence-electron chi connectivity index (χ2n) is 5.23. The third kappa shape index (κ3) is 3.84. The average molecular weight is 287 g/mol. The number of methoxy groups -OCH3 is 1. The number of nitrogens with zero attached hydrogens (tertiary/aromatic N) is 2. The highest BCUT2D eigenvalue weighted by molar-refractivity contribution is 5.92. The standard InChI is InChI=1S/C16H21N3O2/c1-11(10-19-13(3)9-12(2)18-19)16(20)17-14-5-7-15(21-4)8-6-14/h5-9,11H,10H2,1-4H3,(H,17,20)/t11-/m1/s1. The van der Waals surface area contributed by atoms with E-state index in [1.54, 1.807) is 7.11 Å². The first-order valence-electron chi connectivity index (χ1n) is 6.95. The van der Waals surface area contributed by atoms with Crippen molar-refractivity contribution in [3.63, 3.8) is 0 Å². The van der Waals surface area contributed by atoms with Crippen LogP contribution in [0.4, 0.5) is 5.69 Å². The van der Waals surface area contributed by atoms with E-state index >= 15 is 0 Å². The van der Waals surface area contributed by atoms with Crippen molar-refractivity contribution < 1.29 is 9.53 Å². The molecule has 0 fully saturated rings. The minimum Gasteiger partial charge on any atom is -0.497 e. The third-order valence-electron chi connectivity index (χ3n) is 3.36. The monoisotopic (exact) mass is 287 g/mol. The number of rotatable bonds is 5. The van der Waals surface area contributed by atoms with E-state index in [1.165, 1.54) is 0 Å². The second kappa shape index (κ2) is 6.43. The summed E-state index contributed by atoms with van der Waals surface area (Å²) in [5.41, 5.74) is 2.80. The van der Waals surface area contributed by atoms with Gasteiger partial charge >= 0.3 is 0 Å². The summed E-state index contributed by atoms with van der Waals surface area (Å²) in [4.78, 5) is 12.2. The molecule has 2 aromatic rings. The van der Waals surface area contributed by atoms with Gasteiger partial charge in [-0.05, 0) is 44.2 Å². The summed E-state index contributed by atoms with van der Waals surface area (Å²) < 4.78 is 6.96. The molecule has 0 saturated heterocycles. The molecule has 0 saturated carbocycles. The van der Waals surface area contributed by atoms with Gasteiger partial charge in [0.05, 0.1) is 25.3 Å². The molecular formula is C16H21N3O2. The van der Waals surface area contributed by atoms with E-state index < -0.39 is 0 Å². The molecule has 2 rings (SSSR count). The fourth-order valence-corrected chi connectivity index (χ4v) is 2.14. The first-order valence-corrected chi connectivity index (χ1v) is 6.95. The Hall–Kier alpha value is -2.30. The van der Waals surface area contributed by atoms with Gasteiger partial charge in [0.25, 0.3) is 0 Å². The summed E-state index contributed by atoms with van der Waals surface area (Å²) >= 11 is 0. The van der Waals surface area contributed by atoms with Crippen molar-refractivity contribution in [2.45, 2.75) is 27.3 Å². The molecule has 5 heteroatoms. The van der Waals surface area contributed by atoms with Crippen LogP contribution in [-0.2, 0) is 11.3 Å². The predicted molar refractivity (Wildman–Crippen MR) is 82.5 cm³/mol. The average Bonchev–Trinajstić information content (AvgIpc) is 2.77. The van der Waals surface area contributed by atoms with Gasteiger partial charge in [0.15, 0.2) is 0 Å². The number of aromatic nitrogens is 2. The van der Waals surface area contributed by atoms with Crippen molar-refractivity contribution in [1.29, 1.82) is 0 Å². The van der Waals surface area contributed by atoms with Gasteiger partial charge in [-0.25, -0.2) is 0 Å². The lowest BCUT2D eigenvalue weighted by Crippen LogP contribution is -2.25. The molecule has 1 amide bonds. The van der Waals surface area contributed by atoms with Crippen LogP contribution in [0.2, 0.25) is 0 Å². The van der Waals surface area contributed by atoms with E-state index in [2.05, 4.69) is 10.4 Å². The number of benzene rings is 1. The molecular weight excluding hydrogens is 266 g/mol. The number of hydrogen-bond acceptors (Lipinski definition) is 3. The number of aryl methyl sites for hydroxylation is 2. The molecule has 1 atom stereocenters. The summed E-state index contributed by atoms with van der Waals surface area (Å²) in [6.45, 7) is 6.41. The Morgan fingerprint density at radius 3 is 2.52 bits per heavy atom. The minimum atomic E-state index is -0.162. The fourth-order valence-electron chi connectivity index (χ4n) is 2.14. The summed E-state index contributed by atoms with van der Waals surface area (Å²) in [6.07, 6.45) is 0. The number of hydrogen-bond donors (Lipinski definition) is 1. The SMILES string of the molecule is COc1ccc(NC(=O)[C@H](C)Cn2nc(C)cc2C)cc1.